The number of piperidine rings is 1. The van der Waals surface area contributed by atoms with Gasteiger partial charge in [-0.25, -0.2) is 0 Å². The highest BCUT2D eigenvalue weighted by atomic mass is 16.2. The van der Waals surface area contributed by atoms with E-state index in [1.54, 1.807) is 0 Å². The van der Waals surface area contributed by atoms with Crippen molar-refractivity contribution < 1.29 is 9.59 Å². The van der Waals surface area contributed by atoms with Gasteiger partial charge in [-0.05, 0) is 62.9 Å². The van der Waals surface area contributed by atoms with Gasteiger partial charge in [0.25, 0.3) is 0 Å². The smallest absolute Gasteiger partial charge is 0.227 e. The normalized spacial score (nSPS) is 23.7. The SMILES string of the molecule is CCCC(=O)N1c2ccc(C(=O)C3CCCNC3)cc2CC1C. The molecule has 1 N–H and O–H groups in total. The summed E-state index contributed by atoms with van der Waals surface area (Å²) in [6.45, 7) is 5.91. The van der Waals surface area contributed by atoms with E-state index in [0.29, 0.717) is 6.42 Å². The van der Waals surface area contributed by atoms with Crippen molar-refractivity contribution >= 4 is 17.4 Å². The summed E-state index contributed by atoms with van der Waals surface area (Å²) in [4.78, 5) is 26.9. The number of Topliss-reactive ketones (excluding diaryl/α,β-unsaturated/α-hetero) is 1. The second kappa shape index (κ2) is 6.83. The second-order valence-corrected chi connectivity index (χ2v) is 6.82. The van der Waals surface area contributed by atoms with Crippen LogP contribution in [0.5, 0.6) is 0 Å². The zero-order chi connectivity index (χ0) is 16.4. The lowest BCUT2D eigenvalue weighted by atomic mass is 9.90. The van der Waals surface area contributed by atoms with Gasteiger partial charge in [0, 0.05) is 36.2 Å². The predicted molar refractivity (Wildman–Crippen MR) is 91.9 cm³/mol. The highest BCUT2D eigenvalue weighted by Gasteiger charge is 2.31. The molecule has 4 nitrogen and oxygen atoms in total. The number of amides is 1. The number of rotatable bonds is 4. The summed E-state index contributed by atoms with van der Waals surface area (Å²) in [6, 6.07) is 6.07. The Morgan fingerprint density at radius 3 is 2.87 bits per heavy atom. The number of nitrogens with one attached hydrogen (secondary N) is 1. The van der Waals surface area contributed by atoms with Crippen molar-refractivity contribution in [2.45, 2.75) is 52.0 Å². The third-order valence-corrected chi connectivity index (χ3v) is 4.98. The third-order valence-electron chi connectivity index (χ3n) is 4.98. The van der Waals surface area contributed by atoms with Gasteiger partial charge in [-0.3, -0.25) is 9.59 Å². The van der Waals surface area contributed by atoms with E-state index in [9.17, 15) is 9.59 Å². The van der Waals surface area contributed by atoms with Crippen LogP contribution >= 0.6 is 0 Å². The Morgan fingerprint density at radius 2 is 2.17 bits per heavy atom. The fourth-order valence-corrected chi connectivity index (χ4v) is 3.81. The molecule has 0 bridgehead atoms. The maximum Gasteiger partial charge on any atom is 0.227 e. The van der Waals surface area contributed by atoms with E-state index in [4.69, 9.17) is 0 Å². The lowest BCUT2D eigenvalue weighted by Crippen LogP contribution is -2.35. The summed E-state index contributed by atoms with van der Waals surface area (Å²) in [5.41, 5.74) is 2.93. The molecule has 0 radical (unpaired) electrons. The van der Waals surface area contributed by atoms with E-state index in [2.05, 4.69) is 12.2 Å². The zero-order valence-corrected chi connectivity index (χ0v) is 14.1. The molecule has 4 heteroatoms. The van der Waals surface area contributed by atoms with Crippen molar-refractivity contribution in [3.05, 3.63) is 29.3 Å². The third kappa shape index (κ3) is 3.18. The van der Waals surface area contributed by atoms with E-state index in [1.165, 1.54) is 0 Å². The number of anilines is 1. The van der Waals surface area contributed by atoms with Crippen LogP contribution in [0.4, 0.5) is 5.69 Å². The number of nitrogens with zero attached hydrogens (tertiary/aromatic N) is 1. The molecule has 0 aromatic heterocycles. The highest BCUT2D eigenvalue weighted by Crippen LogP contribution is 2.34. The monoisotopic (exact) mass is 314 g/mol. The number of carbonyl (C=O) groups is 2. The molecule has 0 saturated carbocycles. The van der Waals surface area contributed by atoms with E-state index >= 15 is 0 Å². The fourth-order valence-electron chi connectivity index (χ4n) is 3.81. The number of hydrogen-bond donors (Lipinski definition) is 1. The fraction of sp³-hybridized carbons (Fsp3) is 0.579. The molecular formula is C19H26N2O2. The molecule has 2 atom stereocenters. The van der Waals surface area contributed by atoms with Gasteiger partial charge in [0.2, 0.25) is 5.91 Å². The largest absolute Gasteiger partial charge is 0.316 e. The lowest BCUT2D eigenvalue weighted by molar-refractivity contribution is -0.118. The lowest BCUT2D eigenvalue weighted by Gasteiger charge is -2.23. The van der Waals surface area contributed by atoms with E-state index in [1.807, 2.05) is 30.0 Å². The van der Waals surface area contributed by atoms with Crippen LogP contribution in [0.3, 0.4) is 0 Å². The standard InChI is InChI=1S/C19H26N2O2/c1-3-5-18(22)21-13(2)10-16-11-14(7-8-17(16)21)19(23)15-6-4-9-20-12-15/h7-8,11,13,15,20H,3-6,9-10,12H2,1-2H3. The van der Waals surface area contributed by atoms with Crippen LogP contribution < -0.4 is 10.2 Å². The number of carbonyl (C=O) groups excluding carboxylic acids is 2. The average Bonchev–Trinajstić information content (AvgIpc) is 2.90. The molecule has 23 heavy (non-hydrogen) atoms. The van der Waals surface area contributed by atoms with Crippen LogP contribution in [0, 0.1) is 5.92 Å². The number of ketones is 1. The van der Waals surface area contributed by atoms with Crippen molar-refractivity contribution in [3.63, 3.8) is 0 Å². The average molecular weight is 314 g/mol. The molecule has 124 valence electrons. The van der Waals surface area contributed by atoms with Crippen LogP contribution in [-0.4, -0.2) is 30.8 Å². The van der Waals surface area contributed by atoms with Crippen molar-refractivity contribution in [2.24, 2.45) is 5.92 Å². The molecule has 0 spiro atoms. The Balaban J connectivity index is 1.82. The van der Waals surface area contributed by atoms with Crippen LogP contribution in [0.15, 0.2) is 18.2 Å². The molecule has 1 fully saturated rings. The van der Waals surface area contributed by atoms with Crippen molar-refractivity contribution in [1.29, 1.82) is 0 Å². The molecule has 1 aromatic rings. The maximum absolute atomic E-state index is 12.7. The molecule has 2 aliphatic rings. The molecule has 1 amide bonds. The molecule has 0 aliphatic carbocycles. The first-order valence-corrected chi connectivity index (χ1v) is 8.81. The van der Waals surface area contributed by atoms with Gasteiger partial charge in [0.15, 0.2) is 5.78 Å². The maximum atomic E-state index is 12.7. The first kappa shape index (κ1) is 16.2. The van der Waals surface area contributed by atoms with Gasteiger partial charge >= 0.3 is 0 Å². The van der Waals surface area contributed by atoms with Crippen molar-refractivity contribution in [2.75, 3.05) is 18.0 Å². The molecule has 2 aliphatic heterocycles. The minimum Gasteiger partial charge on any atom is -0.316 e. The number of benzene rings is 1. The second-order valence-electron chi connectivity index (χ2n) is 6.82. The Kier molecular flexibility index (Phi) is 4.81. The first-order chi connectivity index (χ1) is 11.1. The number of hydrogen-bond acceptors (Lipinski definition) is 3. The summed E-state index contributed by atoms with van der Waals surface area (Å²) >= 11 is 0. The van der Waals surface area contributed by atoms with E-state index in [-0.39, 0.29) is 23.7 Å². The van der Waals surface area contributed by atoms with Gasteiger partial charge in [-0.2, -0.15) is 0 Å². The number of fused-ring (bicyclic) bond motifs is 1. The molecular weight excluding hydrogens is 288 g/mol. The summed E-state index contributed by atoms with van der Waals surface area (Å²) in [7, 11) is 0. The summed E-state index contributed by atoms with van der Waals surface area (Å²) in [5.74, 6) is 0.527. The Labute approximate surface area is 138 Å². The topological polar surface area (TPSA) is 49.4 Å². The minimum absolute atomic E-state index is 0.0958. The molecule has 1 aromatic carbocycles. The highest BCUT2D eigenvalue weighted by molar-refractivity contribution is 6.00. The summed E-state index contributed by atoms with van der Waals surface area (Å²) in [6.07, 6.45) is 4.33. The Bertz CT molecular complexity index is 605. The van der Waals surface area contributed by atoms with Crippen molar-refractivity contribution in [1.82, 2.24) is 5.32 Å². The Morgan fingerprint density at radius 1 is 1.35 bits per heavy atom. The quantitative estimate of drug-likeness (QED) is 0.869. The molecule has 3 rings (SSSR count). The molecule has 2 unspecified atom stereocenters. The molecule has 2 heterocycles. The first-order valence-electron chi connectivity index (χ1n) is 8.81. The summed E-state index contributed by atoms with van der Waals surface area (Å²) in [5, 5.41) is 3.31. The van der Waals surface area contributed by atoms with Crippen molar-refractivity contribution in [3.8, 4) is 0 Å². The van der Waals surface area contributed by atoms with Crippen LogP contribution in [0.1, 0.15) is 55.5 Å². The zero-order valence-electron chi connectivity index (χ0n) is 14.1. The van der Waals surface area contributed by atoms with E-state index < -0.39 is 0 Å². The molecule has 1 saturated heterocycles. The van der Waals surface area contributed by atoms with Gasteiger partial charge in [0.1, 0.15) is 0 Å². The Hall–Kier alpha value is -1.68. The van der Waals surface area contributed by atoms with E-state index in [0.717, 1.165) is 55.6 Å². The van der Waals surface area contributed by atoms with Gasteiger partial charge in [-0.1, -0.05) is 6.92 Å². The van der Waals surface area contributed by atoms with Gasteiger partial charge in [-0.15, -0.1) is 0 Å². The summed E-state index contributed by atoms with van der Waals surface area (Å²) < 4.78 is 0. The van der Waals surface area contributed by atoms with Crippen LogP contribution in [0.2, 0.25) is 0 Å². The van der Waals surface area contributed by atoms with Crippen LogP contribution in [0.25, 0.3) is 0 Å². The van der Waals surface area contributed by atoms with Crippen LogP contribution in [-0.2, 0) is 11.2 Å². The minimum atomic E-state index is 0.0958. The predicted octanol–water partition coefficient (Wildman–Crippen LogP) is 2.95. The van der Waals surface area contributed by atoms with Gasteiger partial charge in [0.05, 0.1) is 0 Å². The van der Waals surface area contributed by atoms with Gasteiger partial charge < -0.3 is 10.2 Å².